The zero-order valence-electron chi connectivity index (χ0n) is 9.79. The van der Waals surface area contributed by atoms with Gasteiger partial charge in [0.25, 0.3) is 0 Å². The molecule has 0 aromatic carbocycles. The molecule has 1 aromatic rings. The maximum atomic E-state index is 5.33. The van der Waals surface area contributed by atoms with Crippen LogP contribution >= 0.6 is 0 Å². The largest absolute Gasteiger partial charge is 0.348 e. The van der Waals surface area contributed by atoms with Crippen molar-refractivity contribution in [1.29, 1.82) is 0 Å². The molecule has 2 rings (SSSR count). The number of terminal acetylenes is 1. The second-order valence-corrected chi connectivity index (χ2v) is 4.64. The molecule has 1 aliphatic heterocycles. The van der Waals surface area contributed by atoms with Crippen LogP contribution in [0.2, 0.25) is 0 Å². The summed E-state index contributed by atoms with van der Waals surface area (Å²) in [6.07, 6.45) is 11.5. The maximum Gasteiger partial charge on any atom is 0.0925 e. The zero-order valence-corrected chi connectivity index (χ0v) is 9.79. The molecular weight excluding hydrogens is 198 g/mol. The quantitative estimate of drug-likeness (QED) is 0.756. The summed E-state index contributed by atoms with van der Waals surface area (Å²) in [6, 6.07) is 0.566. The normalized spacial score (nSPS) is 25.2. The number of H-pyrrole nitrogens is 1. The van der Waals surface area contributed by atoms with E-state index in [1.807, 2.05) is 0 Å². The number of nitrogens with zero attached hydrogens (tertiary/aromatic N) is 1. The molecule has 0 amide bonds. The number of piperidine rings is 1. The smallest absolute Gasteiger partial charge is 0.0925 e. The number of hydrogen-bond donors (Lipinski definition) is 2. The molecule has 0 saturated carbocycles. The Morgan fingerprint density at radius 3 is 3.00 bits per heavy atom. The van der Waals surface area contributed by atoms with Gasteiger partial charge in [0.1, 0.15) is 0 Å². The molecular formula is C13H19N3. The predicted molar refractivity (Wildman–Crippen MR) is 65.0 cm³/mol. The summed E-state index contributed by atoms with van der Waals surface area (Å²) in [5.41, 5.74) is 2.38. The van der Waals surface area contributed by atoms with Gasteiger partial charge in [0.15, 0.2) is 0 Å². The second-order valence-electron chi connectivity index (χ2n) is 4.64. The van der Waals surface area contributed by atoms with Crippen molar-refractivity contribution >= 4 is 0 Å². The Morgan fingerprint density at radius 1 is 1.56 bits per heavy atom. The lowest BCUT2D eigenvalue weighted by atomic mass is 9.90. The van der Waals surface area contributed by atoms with Crippen molar-refractivity contribution in [2.45, 2.75) is 38.6 Å². The molecule has 1 fully saturated rings. The first kappa shape index (κ1) is 11.2. The van der Waals surface area contributed by atoms with Gasteiger partial charge in [-0.3, -0.25) is 0 Å². The van der Waals surface area contributed by atoms with Crippen LogP contribution in [0.1, 0.15) is 30.7 Å². The molecule has 1 aromatic heterocycles. The van der Waals surface area contributed by atoms with Crippen LogP contribution in [-0.2, 0) is 6.42 Å². The summed E-state index contributed by atoms with van der Waals surface area (Å²) in [4.78, 5) is 7.46. The van der Waals surface area contributed by atoms with Crippen LogP contribution in [0.25, 0.3) is 0 Å². The van der Waals surface area contributed by atoms with Crippen molar-refractivity contribution in [1.82, 2.24) is 15.3 Å². The molecule has 2 atom stereocenters. The predicted octanol–water partition coefficient (Wildman–Crippen LogP) is 1.65. The van der Waals surface area contributed by atoms with Crippen LogP contribution < -0.4 is 5.32 Å². The highest BCUT2D eigenvalue weighted by Crippen LogP contribution is 2.19. The standard InChI is InChI=1S/C13H19N3/c1-3-4-11-5-6-12(14-8-11)7-13-10(2)15-9-16-13/h1,9,11-12,14H,4-8H2,2H3,(H,15,16). The fourth-order valence-electron chi connectivity index (χ4n) is 2.32. The monoisotopic (exact) mass is 217 g/mol. The van der Waals surface area contributed by atoms with Crippen LogP contribution in [0.15, 0.2) is 6.33 Å². The molecule has 2 N–H and O–H groups in total. The number of rotatable bonds is 3. The summed E-state index contributed by atoms with van der Waals surface area (Å²) in [5.74, 6) is 3.42. The van der Waals surface area contributed by atoms with Crippen molar-refractivity contribution in [2.75, 3.05) is 6.54 Å². The third kappa shape index (κ3) is 2.65. The van der Waals surface area contributed by atoms with E-state index in [0.29, 0.717) is 12.0 Å². The van der Waals surface area contributed by atoms with Crippen LogP contribution in [0.5, 0.6) is 0 Å². The Bertz CT molecular complexity index is 367. The van der Waals surface area contributed by atoms with E-state index in [2.05, 4.69) is 28.1 Å². The Morgan fingerprint density at radius 2 is 2.44 bits per heavy atom. The minimum Gasteiger partial charge on any atom is -0.348 e. The molecule has 3 heteroatoms. The van der Waals surface area contributed by atoms with Gasteiger partial charge >= 0.3 is 0 Å². The first-order valence-electron chi connectivity index (χ1n) is 5.95. The van der Waals surface area contributed by atoms with Gasteiger partial charge in [-0.05, 0) is 32.2 Å². The summed E-state index contributed by atoms with van der Waals surface area (Å²) in [7, 11) is 0. The van der Waals surface area contributed by atoms with Gasteiger partial charge in [-0.15, -0.1) is 12.3 Å². The van der Waals surface area contributed by atoms with E-state index in [-0.39, 0.29) is 0 Å². The van der Waals surface area contributed by atoms with Crippen LogP contribution in [0.4, 0.5) is 0 Å². The van der Waals surface area contributed by atoms with Gasteiger partial charge in [-0.25, -0.2) is 4.98 Å². The Balaban J connectivity index is 1.82. The van der Waals surface area contributed by atoms with Gasteiger partial charge in [-0.2, -0.15) is 0 Å². The molecule has 3 nitrogen and oxygen atoms in total. The van der Waals surface area contributed by atoms with Crippen LogP contribution in [-0.4, -0.2) is 22.6 Å². The number of aromatic nitrogens is 2. The lowest BCUT2D eigenvalue weighted by Crippen LogP contribution is -2.40. The third-order valence-electron chi connectivity index (χ3n) is 3.40. The lowest BCUT2D eigenvalue weighted by Gasteiger charge is -2.28. The highest BCUT2D eigenvalue weighted by molar-refractivity contribution is 5.10. The fraction of sp³-hybridized carbons (Fsp3) is 0.615. The number of imidazole rings is 1. The topological polar surface area (TPSA) is 40.7 Å². The van der Waals surface area contributed by atoms with Crippen molar-refractivity contribution < 1.29 is 0 Å². The second kappa shape index (κ2) is 5.18. The lowest BCUT2D eigenvalue weighted by molar-refractivity contribution is 0.312. The van der Waals surface area contributed by atoms with Crippen LogP contribution in [0.3, 0.4) is 0 Å². The first-order chi connectivity index (χ1) is 7.79. The van der Waals surface area contributed by atoms with Crippen molar-refractivity contribution in [2.24, 2.45) is 5.92 Å². The Hall–Kier alpha value is -1.27. The van der Waals surface area contributed by atoms with Gasteiger partial charge in [0.05, 0.1) is 12.0 Å². The highest BCUT2D eigenvalue weighted by atomic mass is 14.9. The van der Waals surface area contributed by atoms with E-state index in [4.69, 9.17) is 6.42 Å². The molecule has 16 heavy (non-hydrogen) atoms. The number of aryl methyl sites for hydroxylation is 1. The zero-order chi connectivity index (χ0) is 11.4. The fourth-order valence-corrected chi connectivity index (χ4v) is 2.32. The van der Waals surface area contributed by atoms with Crippen LogP contribution in [0, 0.1) is 25.2 Å². The molecule has 86 valence electrons. The van der Waals surface area contributed by atoms with Gasteiger partial charge in [0.2, 0.25) is 0 Å². The average molecular weight is 217 g/mol. The summed E-state index contributed by atoms with van der Waals surface area (Å²) < 4.78 is 0. The molecule has 1 saturated heterocycles. The Labute approximate surface area is 97.1 Å². The highest BCUT2D eigenvalue weighted by Gasteiger charge is 2.20. The third-order valence-corrected chi connectivity index (χ3v) is 3.40. The summed E-state index contributed by atoms with van der Waals surface area (Å²) >= 11 is 0. The van der Waals surface area contributed by atoms with E-state index in [0.717, 1.165) is 19.4 Å². The average Bonchev–Trinajstić information content (AvgIpc) is 2.68. The molecule has 2 unspecified atom stereocenters. The van der Waals surface area contributed by atoms with Gasteiger partial charge in [0, 0.05) is 24.6 Å². The summed E-state index contributed by atoms with van der Waals surface area (Å²) in [6.45, 7) is 3.13. The summed E-state index contributed by atoms with van der Waals surface area (Å²) in [5, 5.41) is 3.57. The van der Waals surface area contributed by atoms with Crippen molar-refractivity contribution in [3.63, 3.8) is 0 Å². The molecule has 2 heterocycles. The molecule has 0 radical (unpaired) electrons. The number of aromatic amines is 1. The minimum atomic E-state index is 0.566. The Kier molecular flexibility index (Phi) is 3.63. The molecule has 0 bridgehead atoms. The van der Waals surface area contributed by atoms with Gasteiger partial charge in [-0.1, -0.05) is 0 Å². The van der Waals surface area contributed by atoms with E-state index in [9.17, 15) is 0 Å². The van der Waals surface area contributed by atoms with E-state index in [1.165, 1.54) is 24.2 Å². The number of hydrogen-bond acceptors (Lipinski definition) is 2. The van der Waals surface area contributed by atoms with E-state index >= 15 is 0 Å². The van der Waals surface area contributed by atoms with Crippen molar-refractivity contribution in [3.05, 3.63) is 17.7 Å². The van der Waals surface area contributed by atoms with E-state index < -0.39 is 0 Å². The van der Waals surface area contributed by atoms with Crippen molar-refractivity contribution in [3.8, 4) is 12.3 Å². The van der Waals surface area contributed by atoms with Gasteiger partial charge < -0.3 is 10.3 Å². The molecule has 0 spiro atoms. The maximum absolute atomic E-state index is 5.33. The first-order valence-corrected chi connectivity index (χ1v) is 5.95. The minimum absolute atomic E-state index is 0.566. The SMILES string of the molecule is C#CCC1CCC(Cc2nc[nH]c2C)NC1. The molecule has 1 aliphatic rings. The molecule has 0 aliphatic carbocycles. The van der Waals surface area contributed by atoms with E-state index in [1.54, 1.807) is 6.33 Å². The number of nitrogens with one attached hydrogen (secondary N) is 2.